The van der Waals surface area contributed by atoms with Gasteiger partial charge in [0.05, 0.1) is 23.3 Å². The summed E-state index contributed by atoms with van der Waals surface area (Å²) in [4.78, 5) is 0. The van der Waals surface area contributed by atoms with Gasteiger partial charge in [-0.05, 0) is 23.8 Å². The van der Waals surface area contributed by atoms with Gasteiger partial charge >= 0.3 is 0 Å². The van der Waals surface area contributed by atoms with Crippen molar-refractivity contribution in [2.75, 3.05) is 7.11 Å². The van der Waals surface area contributed by atoms with Crippen molar-refractivity contribution in [3.8, 4) is 5.75 Å². The molecular formula is C15H13Cl2FO2. The Balaban J connectivity index is 2.25. The second-order valence-electron chi connectivity index (χ2n) is 4.36. The molecule has 0 heterocycles. The quantitative estimate of drug-likeness (QED) is 0.905. The standard InChI is InChI=1S/C15H13Cl2FO2/c1-20-15-8-12(16)11(7-13(15)17)14(19)6-9-3-2-4-10(18)5-9/h2-5,7-8,14,19H,6H2,1H3. The smallest absolute Gasteiger partial charge is 0.138 e. The van der Waals surface area contributed by atoms with Gasteiger partial charge in [0, 0.05) is 18.1 Å². The molecule has 0 amide bonds. The lowest BCUT2D eigenvalue weighted by Gasteiger charge is -2.15. The Morgan fingerprint density at radius 1 is 1.20 bits per heavy atom. The molecule has 2 rings (SSSR count). The third-order valence-electron chi connectivity index (χ3n) is 2.95. The summed E-state index contributed by atoms with van der Waals surface area (Å²) < 4.78 is 18.2. The first-order chi connectivity index (χ1) is 9.51. The van der Waals surface area contributed by atoms with Crippen molar-refractivity contribution in [1.82, 2.24) is 0 Å². The van der Waals surface area contributed by atoms with Crippen molar-refractivity contribution in [2.45, 2.75) is 12.5 Å². The molecule has 1 N–H and O–H groups in total. The van der Waals surface area contributed by atoms with Gasteiger partial charge in [0.25, 0.3) is 0 Å². The number of rotatable bonds is 4. The molecule has 0 saturated heterocycles. The molecule has 0 aromatic heterocycles. The van der Waals surface area contributed by atoms with E-state index in [0.29, 0.717) is 26.9 Å². The molecule has 0 spiro atoms. The Kier molecular flexibility index (Phi) is 4.86. The Labute approximate surface area is 126 Å². The van der Waals surface area contributed by atoms with Crippen LogP contribution in [0.5, 0.6) is 5.75 Å². The van der Waals surface area contributed by atoms with E-state index in [4.69, 9.17) is 27.9 Å². The molecule has 2 aromatic carbocycles. The topological polar surface area (TPSA) is 29.5 Å². The minimum Gasteiger partial charge on any atom is -0.495 e. The van der Waals surface area contributed by atoms with E-state index in [9.17, 15) is 9.50 Å². The summed E-state index contributed by atoms with van der Waals surface area (Å²) in [5.41, 5.74) is 1.17. The zero-order valence-electron chi connectivity index (χ0n) is 10.7. The van der Waals surface area contributed by atoms with Gasteiger partial charge < -0.3 is 9.84 Å². The van der Waals surface area contributed by atoms with Gasteiger partial charge in [0.1, 0.15) is 11.6 Å². The summed E-state index contributed by atoms with van der Waals surface area (Å²) in [5.74, 6) is 0.104. The first-order valence-corrected chi connectivity index (χ1v) is 6.72. The second kappa shape index (κ2) is 6.44. The van der Waals surface area contributed by atoms with E-state index in [1.54, 1.807) is 24.3 Å². The molecule has 106 valence electrons. The van der Waals surface area contributed by atoms with Crippen molar-refractivity contribution in [1.29, 1.82) is 0 Å². The molecule has 0 fully saturated rings. The number of methoxy groups -OCH3 is 1. The van der Waals surface area contributed by atoms with Crippen LogP contribution in [-0.4, -0.2) is 12.2 Å². The Morgan fingerprint density at radius 3 is 2.60 bits per heavy atom. The van der Waals surface area contributed by atoms with E-state index in [1.807, 2.05) is 0 Å². The third kappa shape index (κ3) is 3.42. The molecule has 0 saturated carbocycles. The number of ether oxygens (including phenoxy) is 1. The highest BCUT2D eigenvalue weighted by Crippen LogP contribution is 2.35. The van der Waals surface area contributed by atoms with Crippen LogP contribution in [0.15, 0.2) is 36.4 Å². The molecule has 0 aliphatic rings. The summed E-state index contributed by atoms with van der Waals surface area (Å²) in [6, 6.07) is 9.18. The largest absolute Gasteiger partial charge is 0.495 e. The molecule has 20 heavy (non-hydrogen) atoms. The maximum absolute atomic E-state index is 13.1. The molecule has 2 aromatic rings. The monoisotopic (exact) mass is 314 g/mol. The Morgan fingerprint density at radius 2 is 1.95 bits per heavy atom. The number of hydrogen-bond acceptors (Lipinski definition) is 2. The van der Waals surface area contributed by atoms with Crippen LogP contribution in [0.4, 0.5) is 4.39 Å². The molecule has 0 aliphatic heterocycles. The molecule has 2 nitrogen and oxygen atoms in total. The van der Waals surface area contributed by atoms with Crippen molar-refractivity contribution < 1.29 is 14.2 Å². The van der Waals surface area contributed by atoms with Gasteiger partial charge in [-0.25, -0.2) is 4.39 Å². The van der Waals surface area contributed by atoms with Gasteiger partial charge in [0.2, 0.25) is 0 Å². The van der Waals surface area contributed by atoms with E-state index in [2.05, 4.69) is 0 Å². The van der Waals surface area contributed by atoms with Gasteiger partial charge in [-0.2, -0.15) is 0 Å². The van der Waals surface area contributed by atoms with E-state index < -0.39 is 6.10 Å². The van der Waals surface area contributed by atoms with Crippen LogP contribution >= 0.6 is 23.2 Å². The van der Waals surface area contributed by atoms with Crippen molar-refractivity contribution in [3.63, 3.8) is 0 Å². The van der Waals surface area contributed by atoms with Gasteiger partial charge in [-0.15, -0.1) is 0 Å². The average Bonchev–Trinajstić information content (AvgIpc) is 2.40. The molecular weight excluding hydrogens is 302 g/mol. The number of aliphatic hydroxyl groups excluding tert-OH is 1. The molecule has 1 unspecified atom stereocenters. The molecule has 0 bridgehead atoms. The van der Waals surface area contributed by atoms with Crippen molar-refractivity contribution >= 4 is 23.2 Å². The van der Waals surface area contributed by atoms with E-state index in [1.165, 1.54) is 19.2 Å². The SMILES string of the molecule is COc1cc(Cl)c(C(O)Cc2cccc(F)c2)cc1Cl. The summed E-state index contributed by atoms with van der Waals surface area (Å²) in [5, 5.41) is 10.9. The number of benzene rings is 2. The predicted octanol–water partition coefficient (Wildman–Crippen LogP) is 4.42. The van der Waals surface area contributed by atoms with Crippen molar-refractivity contribution in [3.05, 3.63) is 63.4 Å². The van der Waals surface area contributed by atoms with Gasteiger partial charge in [-0.1, -0.05) is 35.3 Å². The summed E-state index contributed by atoms with van der Waals surface area (Å²) in [6.45, 7) is 0. The lowest BCUT2D eigenvalue weighted by atomic mass is 10.0. The second-order valence-corrected chi connectivity index (χ2v) is 5.17. The highest BCUT2D eigenvalue weighted by atomic mass is 35.5. The van der Waals surface area contributed by atoms with Crippen molar-refractivity contribution in [2.24, 2.45) is 0 Å². The molecule has 0 aliphatic carbocycles. The van der Waals surface area contributed by atoms with Crippen LogP contribution in [0, 0.1) is 5.82 Å². The van der Waals surface area contributed by atoms with E-state index >= 15 is 0 Å². The summed E-state index contributed by atoms with van der Waals surface area (Å²) in [6.07, 6.45) is -0.618. The highest BCUT2D eigenvalue weighted by molar-refractivity contribution is 6.34. The maximum Gasteiger partial charge on any atom is 0.138 e. The zero-order chi connectivity index (χ0) is 14.7. The van der Waals surface area contributed by atoms with Gasteiger partial charge in [0.15, 0.2) is 0 Å². The summed E-state index contributed by atoms with van der Waals surface area (Å²) in [7, 11) is 1.49. The fourth-order valence-electron chi connectivity index (χ4n) is 1.95. The molecule has 5 heteroatoms. The van der Waals surface area contributed by atoms with Crippen LogP contribution in [0.2, 0.25) is 10.0 Å². The minimum atomic E-state index is -0.868. The normalized spacial score (nSPS) is 12.2. The zero-order valence-corrected chi connectivity index (χ0v) is 12.2. The van der Waals surface area contributed by atoms with Crippen LogP contribution in [0.1, 0.15) is 17.2 Å². The third-order valence-corrected chi connectivity index (χ3v) is 3.57. The van der Waals surface area contributed by atoms with Crippen LogP contribution < -0.4 is 4.74 Å². The molecule has 0 radical (unpaired) electrons. The number of hydrogen-bond donors (Lipinski definition) is 1. The maximum atomic E-state index is 13.1. The lowest BCUT2D eigenvalue weighted by Crippen LogP contribution is -2.03. The fraction of sp³-hybridized carbons (Fsp3) is 0.200. The first-order valence-electron chi connectivity index (χ1n) is 5.96. The summed E-state index contributed by atoms with van der Waals surface area (Å²) >= 11 is 12.1. The first kappa shape index (κ1) is 15.1. The lowest BCUT2D eigenvalue weighted by molar-refractivity contribution is 0.178. The Bertz CT molecular complexity index is 617. The van der Waals surface area contributed by atoms with Crippen LogP contribution in [0.25, 0.3) is 0 Å². The molecule has 1 atom stereocenters. The number of halogens is 3. The predicted molar refractivity (Wildman–Crippen MR) is 78.1 cm³/mol. The van der Waals surface area contributed by atoms with Crippen LogP contribution in [0.3, 0.4) is 0 Å². The Hall–Kier alpha value is -1.29. The van der Waals surface area contributed by atoms with Gasteiger partial charge in [-0.3, -0.25) is 0 Å². The fourth-order valence-corrected chi connectivity index (χ4v) is 2.48. The van der Waals surface area contributed by atoms with E-state index in [-0.39, 0.29) is 12.2 Å². The minimum absolute atomic E-state index is 0.250. The number of aliphatic hydroxyl groups is 1. The van der Waals surface area contributed by atoms with E-state index in [0.717, 1.165) is 0 Å². The van der Waals surface area contributed by atoms with Crippen LogP contribution in [-0.2, 0) is 6.42 Å². The average molecular weight is 315 g/mol. The highest BCUT2D eigenvalue weighted by Gasteiger charge is 2.16.